The Hall–Kier alpha value is -2.40. The number of nitrogens with one attached hydrogen (secondary N) is 2. The van der Waals surface area contributed by atoms with E-state index in [4.69, 9.17) is 4.74 Å². The number of aromatic amines is 1. The van der Waals surface area contributed by atoms with Crippen LogP contribution < -0.4 is 10.9 Å². The molecule has 2 N–H and O–H groups in total. The van der Waals surface area contributed by atoms with Crippen molar-refractivity contribution in [1.29, 1.82) is 0 Å². The molecule has 1 fully saturated rings. The lowest BCUT2D eigenvalue weighted by molar-refractivity contribution is -0.122. The molecule has 1 aromatic heterocycles. The molecule has 24 heavy (non-hydrogen) atoms. The predicted molar refractivity (Wildman–Crippen MR) is 91.7 cm³/mol. The highest BCUT2D eigenvalue weighted by atomic mass is 16.5. The highest BCUT2D eigenvalue weighted by molar-refractivity contribution is 5.94. The number of aromatic nitrogens is 1. The van der Waals surface area contributed by atoms with Crippen LogP contribution in [0, 0.1) is 5.41 Å². The monoisotopic (exact) mass is 326 g/mol. The number of hydrogen-bond donors (Lipinski definition) is 2. The van der Waals surface area contributed by atoms with Crippen LogP contribution in [-0.2, 0) is 11.3 Å². The lowest BCUT2D eigenvalue weighted by atomic mass is 9.64. The zero-order valence-corrected chi connectivity index (χ0v) is 13.9. The van der Waals surface area contributed by atoms with Crippen LogP contribution in [0.1, 0.15) is 36.2 Å². The third kappa shape index (κ3) is 3.41. The molecule has 0 aliphatic heterocycles. The van der Waals surface area contributed by atoms with Gasteiger partial charge in [-0.15, -0.1) is 0 Å². The van der Waals surface area contributed by atoms with Crippen LogP contribution in [0.15, 0.2) is 53.5 Å². The Labute approximate surface area is 141 Å². The number of carbonyl (C=O) groups excluding carboxylic acids is 1. The minimum absolute atomic E-state index is 0.0325. The van der Waals surface area contributed by atoms with E-state index in [1.54, 1.807) is 6.07 Å². The average Bonchev–Trinajstić information content (AvgIpc) is 2.58. The number of pyridine rings is 1. The Kier molecular flexibility index (Phi) is 4.53. The molecule has 1 aliphatic carbocycles. The second-order valence-electron chi connectivity index (χ2n) is 6.81. The third-order valence-electron chi connectivity index (χ3n) is 4.81. The second kappa shape index (κ2) is 6.61. The Bertz CT molecular complexity index is 767. The fourth-order valence-corrected chi connectivity index (χ4v) is 3.01. The molecule has 1 saturated carbocycles. The quantitative estimate of drug-likeness (QED) is 0.887. The van der Waals surface area contributed by atoms with E-state index < -0.39 is 0 Å². The van der Waals surface area contributed by atoms with Crippen LogP contribution >= 0.6 is 0 Å². The Morgan fingerprint density at radius 3 is 2.71 bits per heavy atom. The molecule has 1 aliphatic rings. The molecule has 1 aromatic carbocycles. The molecule has 0 saturated heterocycles. The van der Waals surface area contributed by atoms with Crippen molar-refractivity contribution < 1.29 is 9.53 Å². The van der Waals surface area contributed by atoms with Gasteiger partial charge in [0.1, 0.15) is 0 Å². The van der Waals surface area contributed by atoms with Gasteiger partial charge in [-0.25, -0.2) is 0 Å². The highest BCUT2D eigenvalue weighted by Crippen LogP contribution is 2.43. The fraction of sp³-hybridized carbons (Fsp3) is 0.368. The van der Waals surface area contributed by atoms with Crippen LogP contribution in [-0.4, -0.2) is 23.0 Å². The molecule has 5 heteroatoms. The number of H-pyrrole nitrogens is 1. The van der Waals surface area contributed by atoms with Crippen molar-refractivity contribution in [3.8, 4) is 0 Å². The van der Waals surface area contributed by atoms with Gasteiger partial charge in [0, 0.05) is 29.3 Å². The van der Waals surface area contributed by atoms with E-state index in [-0.39, 0.29) is 29.0 Å². The minimum Gasteiger partial charge on any atom is -0.373 e. The predicted octanol–water partition coefficient (Wildman–Crippen LogP) is 2.49. The van der Waals surface area contributed by atoms with Gasteiger partial charge in [0.25, 0.3) is 5.91 Å². The first-order valence-corrected chi connectivity index (χ1v) is 8.12. The molecule has 3 rings (SSSR count). The zero-order valence-electron chi connectivity index (χ0n) is 13.9. The molecule has 0 bridgehead atoms. The SMILES string of the molecule is CC1(C)[C@@H](NC(=O)c2cc[nH]c(=O)c2)C[C@@H]1OCc1ccccc1. The van der Waals surface area contributed by atoms with Gasteiger partial charge >= 0.3 is 0 Å². The molecule has 2 atom stereocenters. The summed E-state index contributed by atoms with van der Waals surface area (Å²) >= 11 is 0. The summed E-state index contributed by atoms with van der Waals surface area (Å²) in [5.41, 5.74) is 1.10. The largest absolute Gasteiger partial charge is 0.373 e. The number of ether oxygens (including phenoxy) is 1. The van der Waals surface area contributed by atoms with Gasteiger partial charge in [0.15, 0.2) is 0 Å². The number of hydrogen-bond acceptors (Lipinski definition) is 3. The number of amides is 1. The van der Waals surface area contributed by atoms with E-state index in [1.807, 2.05) is 30.3 Å². The first kappa shape index (κ1) is 16.5. The maximum absolute atomic E-state index is 12.3. The van der Waals surface area contributed by atoms with Crippen molar-refractivity contribution in [3.05, 3.63) is 70.1 Å². The molecular weight excluding hydrogens is 304 g/mol. The first-order valence-electron chi connectivity index (χ1n) is 8.12. The van der Waals surface area contributed by atoms with Crippen LogP contribution in [0.25, 0.3) is 0 Å². The van der Waals surface area contributed by atoms with Gasteiger partial charge in [-0.05, 0) is 18.1 Å². The summed E-state index contributed by atoms with van der Waals surface area (Å²) in [6, 6.07) is 13.0. The molecule has 2 aromatic rings. The van der Waals surface area contributed by atoms with Gasteiger partial charge in [-0.3, -0.25) is 9.59 Å². The third-order valence-corrected chi connectivity index (χ3v) is 4.81. The summed E-state index contributed by atoms with van der Waals surface area (Å²) in [5.74, 6) is -0.222. The van der Waals surface area contributed by atoms with E-state index in [0.717, 1.165) is 12.0 Å². The standard InChI is InChI=1S/C19H22N2O3/c1-19(2)15(21-18(23)14-8-9-20-17(22)10-14)11-16(19)24-12-13-6-4-3-5-7-13/h3-10,15-16H,11-12H2,1-2H3,(H,20,22)(H,21,23)/t15-,16-/m0/s1. The van der Waals surface area contributed by atoms with E-state index in [0.29, 0.717) is 12.2 Å². The van der Waals surface area contributed by atoms with Crippen LogP contribution in [0.4, 0.5) is 0 Å². The van der Waals surface area contributed by atoms with Crippen molar-refractivity contribution >= 4 is 5.91 Å². The maximum atomic E-state index is 12.3. The van der Waals surface area contributed by atoms with Crippen molar-refractivity contribution in [2.45, 2.75) is 39.0 Å². The Balaban J connectivity index is 1.56. The van der Waals surface area contributed by atoms with Crippen molar-refractivity contribution in [2.75, 3.05) is 0 Å². The topological polar surface area (TPSA) is 71.2 Å². The van der Waals surface area contributed by atoms with Crippen molar-refractivity contribution in [2.24, 2.45) is 5.41 Å². The Morgan fingerprint density at radius 1 is 1.29 bits per heavy atom. The number of carbonyl (C=O) groups is 1. The zero-order chi connectivity index (χ0) is 17.2. The second-order valence-corrected chi connectivity index (χ2v) is 6.81. The summed E-state index contributed by atoms with van der Waals surface area (Å²) < 4.78 is 6.01. The van der Waals surface area contributed by atoms with Gasteiger partial charge < -0.3 is 15.0 Å². The van der Waals surface area contributed by atoms with Crippen LogP contribution in [0.5, 0.6) is 0 Å². The lowest BCUT2D eigenvalue weighted by Gasteiger charge is -2.51. The van der Waals surface area contributed by atoms with E-state index in [9.17, 15) is 9.59 Å². The van der Waals surface area contributed by atoms with E-state index in [2.05, 4.69) is 24.1 Å². The van der Waals surface area contributed by atoms with E-state index in [1.165, 1.54) is 12.3 Å². The molecule has 126 valence electrons. The summed E-state index contributed by atoms with van der Waals surface area (Å²) in [7, 11) is 0. The molecule has 1 amide bonds. The Morgan fingerprint density at radius 2 is 2.04 bits per heavy atom. The normalized spacial score (nSPS) is 21.8. The lowest BCUT2D eigenvalue weighted by Crippen LogP contribution is -2.62. The summed E-state index contributed by atoms with van der Waals surface area (Å²) in [6.07, 6.45) is 2.35. The smallest absolute Gasteiger partial charge is 0.251 e. The van der Waals surface area contributed by atoms with Crippen molar-refractivity contribution in [1.82, 2.24) is 10.3 Å². The molecule has 1 heterocycles. The van der Waals surface area contributed by atoms with E-state index >= 15 is 0 Å². The fourth-order valence-electron chi connectivity index (χ4n) is 3.01. The number of rotatable bonds is 5. The minimum atomic E-state index is -0.278. The molecule has 0 unspecified atom stereocenters. The summed E-state index contributed by atoms with van der Waals surface area (Å²) in [4.78, 5) is 26.1. The summed E-state index contributed by atoms with van der Waals surface area (Å²) in [6.45, 7) is 4.76. The number of benzene rings is 1. The summed E-state index contributed by atoms with van der Waals surface area (Å²) in [5, 5.41) is 3.01. The van der Waals surface area contributed by atoms with Gasteiger partial charge in [0.05, 0.1) is 12.7 Å². The first-order chi connectivity index (χ1) is 11.5. The molecule has 0 radical (unpaired) electrons. The van der Waals surface area contributed by atoms with Crippen LogP contribution in [0.3, 0.4) is 0 Å². The molecule has 5 nitrogen and oxygen atoms in total. The van der Waals surface area contributed by atoms with Gasteiger partial charge in [-0.1, -0.05) is 44.2 Å². The van der Waals surface area contributed by atoms with Gasteiger partial charge in [-0.2, -0.15) is 0 Å². The van der Waals surface area contributed by atoms with Gasteiger partial charge in [0.2, 0.25) is 5.56 Å². The molecule has 0 spiro atoms. The maximum Gasteiger partial charge on any atom is 0.251 e. The van der Waals surface area contributed by atoms with Crippen LogP contribution in [0.2, 0.25) is 0 Å². The molecular formula is C19H22N2O3. The highest BCUT2D eigenvalue weighted by Gasteiger charge is 2.49. The van der Waals surface area contributed by atoms with Crippen molar-refractivity contribution in [3.63, 3.8) is 0 Å². The average molecular weight is 326 g/mol.